The molecule has 1 fully saturated rings. The molecule has 1 heterocycles. The van der Waals surface area contributed by atoms with Gasteiger partial charge < -0.3 is 15.3 Å². The Kier molecular flexibility index (Phi) is 7.33. The second-order valence-electron chi connectivity index (χ2n) is 7.10. The summed E-state index contributed by atoms with van der Waals surface area (Å²) in [5.74, 6) is 0.871. The van der Waals surface area contributed by atoms with Gasteiger partial charge in [-0.15, -0.1) is 0 Å². The van der Waals surface area contributed by atoms with Gasteiger partial charge in [0.05, 0.1) is 6.61 Å². The fraction of sp³-hybridized carbons (Fsp3) is 1.00. The van der Waals surface area contributed by atoms with E-state index in [1.165, 1.54) is 25.9 Å². The number of aliphatic hydroxyl groups excluding tert-OH is 1. The highest BCUT2D eigenvalue weighted by Crippen LogP contribution is 2.34. The van der Waals surface area contributed by atoms with Gasteiger partial charge >= 0.3 is 0 Å². The number of piperidine rings is 1. The SMILES string of the molecule is CCCNC(CO)CCN1CCC(C(C)(C)C)CC1. The first-order valence-electron chi connectivity index (χ1n) is 8.04. The molecule has 1 rings (SSSR count). The van der Waals surface area contributed by atoms with E-state index in [2.05, 4.69) is 37.9 Å². The summed E-state index contributed by atoms with van der Waals surface area (Å²) >= 11 is 0. The lowest BCUT2D eigenvalue weighted by molar-refractivity contribution is 0.106. The largest absolute Gasteiger partial charge is 0.395 e. The third-order valence-electron chi connectivity index (χ3n) is 4.51. The fourth-order valence-corrected chi connectivity index (χ4v) is 2.97. The highest BCUT2D eigenvalue weighted by atomic mass is 16.3. The Bertz CT molecular complexity index is 229. The molecule has 114 valence electrons. The lowest BCUT2D eigenvalue weighted by Crippen LogP contribution is -2.41. The third-order valence-corrected chi connectivity index (χ3v) is 4.51. The van der Waals surface area contributed by atoms with Gasteiger partial charge in [0.2, 0.25) is 0 Å². The van der Waals surface area contributed by atoms with E-state index in [4.69, 9.17) is 0 Å². The quantitative estimate of drug-likeness (QED) is 0.746. The molecule has 0 aliphatic carbocycles. The minimum absolute atomic E-state index is 0.262. The van der Waals surface area contributed by atoms with Crippen molar-refractivity contribution < 1.29 is 5.11 Å². The van der Waals surface area contributed by atoms with Crippen molar-refractivity contribution >= 4 is 0 Å². The number of nitrogens with zero attached hydrogens (tertiary/aromatic N) is 1. The Morgan fingerprint density at radius 2 is 1.89 bits per heavy atom. The number of nitrogens with one attached hydrogen (secondary N) is 1. The van der Waals surface area contributed by atoms with Gasteiger partial charge in [-0.05, 0) is 63.2 Å². The zero-order valence-corrected chi connectivity index (χ0v) is 13.4. The van der Waals surface area contributed by atoms with E-state index in [1.54, 1.807) is 0 Å². The molecule has 0 saturated carbocycles. The molecule has 2 N–H and O–H groups in total. The molecule has 0 aromatic heterocycles. The van der Waals surface area contributed by atoms with Crippen LogP contribution in [0.15, 0.2) is 0 Å². The number of hydrogen-bond donors (Lipinski definition) is 2. The summed E-state index contributed by atoms with van der Waals surface area (Å²) in [5, 5.41) is 12.8. The maximum atomic E-state index is 9.35. The number of aliphatic hydroxyl groups is 1. The average molecular weight is 270 g/mol. The maximum absolute atomic E-state index is 9.35. The van der Waals surface area contributed by atoms with Crippen molar-refractivity contribution in [3.63, 3.8) is 0 Å². The zero-order valence-electron chi connectivity index (χ0n) is 13.4. The Hall–Kier alpha value is -0.120. The van der Waals surface area contributed by atoms with Crippen LogP contribution in [0.1, 0.15) is 53.4 Å². The summed E-state index contributed by atoms with van der Waals surface area (Å²) in [5.41, 5.74) is 0.461. The van der Waals surface area contributed by atoms with Crippen LogP contribution in [-0.4, -0.2) is 48.8 Å². The van der Waals surface area contributed by atoms with Gasteiger partial charge in [-0.3, -0.25) is 0 Å². The standard InChI is InChI=1S/C16H34N2O/c1-5-9-17-15(13-19)8-12-18-10-6-14(7-11-18)16(2,3)4/h14-15,17,19H,5-13H2,1-4H3. The van der Waals surface area contributed by atoms with Crippen molar-refractivity contribution in [2.45, 2.75) is 59.4 Å². The number of hydrogen-bond acceptors (Lipinski definition) is 3. The summed E-state index contributed by atoms with van der Waals surface area (Å²) in [6, 6.07) is 0.278. The van der Waals surface area contributed by atoms with Crippen LogP contribution in [0.3, 0.4) is 0 Å². The smallest absolute Gasteiger partial charge is 0.0585 e. The number of likely N-dealkylation sites (tertiary alicyclic amines) is 1. The van der Waals surface area contributed by atoms with Gasteiger partial charge in [-0.2, -0.15) is 0 Å². The van der Waals surface area contributed by atoms with E-state index in [-0.39, 0.29) is 12.6 Å². The van der Waals surface area contributed by atoms with E-state index < -0.39 is 0 Å². The Morgan fingerprint density at radius 1 is 1.26 bits per heavy atom. The molecular weight excluding hydrogens is 236 g/mol. The summed E-state index contributed by atoms with van der Waals surface area (Å²) in [7, 11) is 0. The fourth-order valence-electron chi connectivity index (χ4n) is 2.97. The molecule has 1 aliphatic rings. The van der Waals surface area contributed by atoms with Crippen LogP contribution in [0.25, 0.3) is 0 Å². The van der Waals surface area contributed by atoms with Crippen LogP contribution in [0.5, 0.6) is 0 Å². The molecule has 0 amide bonds. The van der Waals surface area contributed by atoms with E-state index in [0.717, 1.165) is 31.8 Å². The van der Waals surface area contributed by atoms with Crippen molar-refractivity contribution in [3.05, 3.63) is 0 Å². The van der Waals surface area contributed by atoms with E-state index in [0.29, 0.717) is 5.41 Å². The zero-order chi connectivity index (χ0) is 14.3. The van der Waals surface area contributed by atoms with Gasteiger partial charge in [-0.25, -0.2) is 0 Å². The molecule has 1 saturated heterocycles. The molecule has 3 heteroatoms. The second kappa shape index (κ2) is 8.23. The summed E-state index contributed by atoms with van der Waals surface area (Å²) in [4.78, 5) is 2.57. The molecule has 3 nitrogen and oxygen atoms in total. The topological polar surface area (TPSA) is 35.5 Å². The van der Waals surface area contributed by atoms with Crippen LogP contribution in [0.4, 0.5) is 0 Å². The van der Waals surface area contributed by atoms with Crippen LogP contribution < -0.4 is 5.32 Å². The van der Waals surface area contributed by atoms with Crippen molar-refractivity contribution in [3.8, 4) is 0 Å². The minimum atomic E-state index is 0.262. The Balaban J connectivity index is 2.21. The molecule has 1 aliphatic heterocycles. The minimum Gasteiger partial charge on any atom is -0.395 e. The first kappa shape index (κ1) is 16.9. The van der Waals surface area contributed by atoms with Crippen molar-refractivity contribution in [2.24, 2.45) is 11.3 Å². The molecule has 1 unspecified atom stereocenters. The van der Waals surface area contributed by atoms with E-state index in [1.807, 2.05) is 0 Å². The highest BCUT2D eigenvalue weighted by molar-refractivity contribution is 4.81. The monoisotopic (exact) mass is 270 g/mol. The maximum Gasteiger partial charge on any atom is 0.0585 e. The average Bonchev–Trinajstić information content (AvgIpc) is 2.38. The van der Waals surface area contributed by atoms with Crippen LogP contribution in [-0.2, 0) is 0 Å². The van der Waals surface area contributed by atoms with E-state index >= 15 is 0 Å². The van der Waals surface area contributed by atoms with Gasteiger partial charge in [0, 0.05) is 6.04 Å². The molecular formula is C16H34N2O. The first-order valence-corrected chi connectivity index (χ1v) is 8.04. The lowest BCUT2D eigenvalue weighted by Gasteiger charge is -2.39. The van der Waals surface area contributed by atoms with Crippen molar-refractivity contribution in [2.75, 3.05) is 32.8 Å². The molecule has 19 heavy (non-hydrogen) atoms. The number of rotatable bonds is 7. The summed E-state index contributed by atoms with van der Waals surface area (Å²) in [6.07, 6.45) is 4.86. The third kappa shape index (κ3) is 6.24. The summed E-state index contributed by atoms with van der Waals surface area (Å²) < 4.78 is 0. The molecule has 0 spiro atoms. The van der Waals surface area contributed by atoms with Gasteiger partial charge in [0.1, 0.15) is 0 Å². The highest BCUT2D eigenvalue weighted by Gasteiger charge is 2.28. The van der Waals surface area contributed by atoms with Gasteiger partial charge in [0.25, 0.3) is 0 Å². The second-order valence-corrected chi connectivity index (χ2v) is 7.10. The van der Waals surface area contributed by atoms with Crippen molar-refractivity contribution in [1.29, 1.82) is 0 Å². The molecule has 0 aromatic carbocycles. The van der Waals surface area contributed by atoms with Gasteiger partial charge in [0.15, 0.2) is 0 Å². The van der Waals surface area contributed by atoms with Crippen molar-refractivity contribution in [1.82, 2.24) is 10.2 Å². The van der Waals surface area contributed by atoms with Crippen LogP contribution in [0, 0.1) is 11.3 Å². The van der Waals surface area contributed by atoms with Crippen LogP contribution >= 0.6 is 0 Å². The normalized spacial score (nSPS) is 20.7. The van der Waals surface area contributed by atoms with Crippen LogP contribution in [0.2, 0.25) is 0 Å². The summed E-state index contributed by atoms with van der Waals surface area (Å²) in [6.45, 7) is 14.1. The first-order chi connectivity index (χ1) is 8.97. The molecule has 0 bridgehead atoms. The molecule has 1 atom stereocenters. The predicted octanol–water partition coefficient (Wildman–Crippen LogP) is 2.50. The Morgan fingerprint density at radius 3 is 2.37 bits per heavy atom. The Labute approximate surface area is 119 Å². The predicted molar refractivity (Wildman–Crippen MR) is 82.4 cm³/mol. The van der Waals surface area contributed by atoms with E-state index in [9.17, 15) is 5.11 Å². The molecule has 0 aromatic rings. The lowest BCUT2D eigenvalue weighted by atomic mass is 9.75. The van der Waals surface area contributed by atoms with Gasteiger partial charge in [-0.1, -0.05) is 27.7 Å². The molecule has 0 radical (unpaired) electrons.